The van der Waals surface area contributed by atoms with E-state index < -0.39 is 5.54 Å². The largest absolute Gasteiger partial charge is 0.357 e. The van der Waals surface area contributed by atoms with Gasteiger partial charge in [0.15, 0.2) is 5.54 Å². The van der Waals surface area contributed by atoms with Crippen LogP contribution in [0.2, 0.25) is 0 Å². The number of amides is 2. The molecule has 1 aliphatic rings. The molecule has 114 valence electrons. The van der Waals surface area contributed by atoms with Crippen molar-refractivity contribution in [2.24, 2.45) is 0 Å². The van der Waals surface area contributed by atoms with E-state index in [4.69, 9.17) is 0 Å². The Morgan fingerprint density at radius 3 is 2.82 bits per heavy atom. The Labute approximate surface area is 131 Å². The van der Waals surface area contributed by atoms with Crippen molar-refractivity contribution in [1.82, 2.24) is 25.2 Å². The molecule has 0 aliphatic carbocycles. The normalized spacial score (nSPS) is 20.9. The van der Waals surface area contributed by atoms with Crippen molar-refractivity contribution in [3.8, 4) is 0 Å². The van der Waals surface area contributed by atoms with Gasteiger partial charge in [-0.25, -0.2) is 0 Å². The van der Waals surface area contributed by atoms with E-state index in [0.29, 0.717) is 23.5 Å². The van der Waals surface area contributed by atoms with Crippen LogP contribution in [0.5, 0.6) is 0 Å². The Hall–Kier alpha value is -2.35. The average molecular weight is 317 g/mol. The first-order chi connectivity index (χ1) is 10.7. The third-order valence-corrected chi connectivity index (χ3v) is 4.62. The van der Waals surface area contributed by atoms with Gasteiger partial charge in [-0.15, -0.1) is 11.3 Å². The fourth-order valence-corrected chi connectivity index (χ4v) is 3.45. The summed E-state index contributed by atoms with van der Waals surface area (Å²) in [5.74, 6) is -0.447. The molecule has 2 aromatic heterocycles. The number of likely N-dealkylation sites (tertiary alicyclic amines) is 1. The van der Waals surface area contributed by atoms with Gasteiger partial charge in [0.1, 0.15) is 4.88 Å². The van der Waals surface area contributed by atoms with Crippen molar-refractivity contribution < 1.29 is 9.59 Å². The summed E-state index contributed by atoms with van der Waals surface area (Å²) in [7, 11) is 1.56. The summed E-state index contributed by atoms with van der Waals surface area (Å²) in [5.41, 5.74) is 0.988. The zero-order chi connectivity index (χ0) is 15.6. The first-order valence-corrected chi connectivity index (χ1v) is 7.77. The monoisotopic (exact) mass is 317 g/mol. The summed E-state index contributed by atoms with van der Waals surface area (Å²) < 4.78 is 0. The number of hydrogen-bond acceptors (Lipinski definition) is 6. The van der Waals surface area contributed by atoms with Crippen LogP contribution in [0, 0.1) is 0 Å². The highest BCUT2D eigenvalue weighted by Gasteiger charge is 2.52. The molecular formula is C14H15N5O2S. The van der Waals surface area contributed by atoms with Gasteiger partial charge in [-0.2, -0.15) is 0 Å². The maximum absolute atomic E-state index is 12.8. The molecule has 1 N–H and O–H groups in total. The number of carbonyl (C=O) groups excluding carboxylic acids is 2. The van der Waals surface area contributed by atoms with Crippen LogP contribution in [-0.4, -0.2) is 45.3 Å². The number of nitrogens with zero attached hydrogens (tertiary/aromatic N) is 4. The Morgan fingerprint density at radius 2 is 2.18 bits per heavy atom. The van der Waals surface area contributed by atoms with E-state index in [1.165, 1.54) is 23.7 Å². The zero-order valence-electron chi connectivity index (χ0n) is 12.0. The van der Waals surface area contributed by atoms with Gasteiger partial charge in [0, 0.05) is 26.0 Å². The van der Waals surface area contributed by atoms with E-state index in [-0.39, 0.29) is 11.8 Å². The van der Waals surface area contributed by atoms with Crippen molar-refractivity contribution >= 4 is 23.2 Å². The second-order valence-electron chi connectivity index (χ2n) is 4.96. The number of hydrogen-bond donors (Lipinski definition) is 1. The lowest BCUT2D eigenvalue weighted by molar-refractivity contribution is -0.131. The lowest BCUT2D eigenvalue weighted by atomic mass is 9.90. The van der Waals surface area contributed by atoms with E-state index in [9.17, 15) is 9.59 Å². The van der Waals surface area contributed by atoms with Crippen molar-refractivity contribution in [2.75, 3.05) is 13.6 Å². The van der Waals surface area contributed by atoms with Crippen molar-refractivity contribution in [2.45, 2.75) is 18.4 Å². The molecule has 1 aliphatic heterocycles. The summed E-state index contributed by atoms with van der Waals surface area (Å²) in [6, 6.07) is 0. The first kappa shape index (κ1) is 14.6. The second-order valence-corrected chi connectivity index (χ2v) is 5.84. The molecule has 1 saturated heterocycles. The van der Waals surface area contributed by atoms with Crippen LogP contribution in [0.4, 0.5) is 0 Å². The van der Waals surface area contributed by atoms with E-state index in [1.54, 1.807) is 29.9 Å². The van der Waals surface area contributed by atoms with Gasteiger partial charge in [-0.05, 0) is 12.8 Å². The second kappa shape index (κ2) is 5.80. The highest BCUT2D eigenvalue weighted by atomic mass is 32.1. The lowest BCUT2D eigenvalue weighted by Crippen LogP contribution is -2.54. The standard InChI is InChI=1S/C14H15N5O2S/c1-15-13(21)14(11-8-16-4-5-18-11)3-2-6-19(14)12(20)10-7-17-9-22-10/h4-5,7-9H,2-3,6H2,1H3,(H,15,21)/t14-/m0/s1. The third-order valence-electron chi connectivity index (χ3n) is 3.86. The van der Waals surface area contributed by atoms with Gasteiger partial charge in [0.2, 0.25) is 0 Å². The summed E-state index contributed by atoms with van der Waals surface area (Å²) in [6.45, 7) is 0.501. The molecule has 0 radical (unpaired) electrons. The number of thiazole rings is 1. The Balaban J connectivity index is 2.08. The molecule has 1 fully saturated rings. The van der Waals surface area contributed by atoms with Crippen LogP contribution >= 0.6 is 11.3 Å². The topological polar surface area (TPSA) is 88.1 Å². The van der Waals surface area contributed by atoms with Gasteiger partial charge in [-0.3, -0.25) is 24.5 Å². The van der Waals surface area contributed by atoms with Crippen molar-refractivity contribution in [3.63, 3.8) is 0 Å². The molecule has 0 bridgehead atoms. The Bertz CT molecular complexity index is 676. The molecule has 3 rings (SSSR count). The maximum atomic E-state index is 12.8. The Morgan fingerprint density at radius 1 is 1.32 bits per heavy atom. The summed E-state index contributed by atoms with van der Waals surface area (Å²) in [4.78, 5) is 39.8. The van der Waals surface area contributed by atoms with Crippen LogP contribution in [0.15, 0.2) is 30.3 Å². The lowest BCUT2D eigenvalue weighted by Gasteiger charge is -2.35. The number of likely N-dealkylation sites (N-methyl/N-ethyl adjacent to an activating group) is 1. The molecule has 22 heavy (non-hydrogen) atoms. The molecule has 0 unspecified atom stereocenters. The fraction of sp³-hybridized carbons (Fsp3) is 0.357. The molecule has 0 spiro atoms. The molecular weight excluding hydrogens is 302 g/mol. The minimum atomic E-state index is -1.11. The van der Waals surface area contributed by atoms with Gasteiger partial charge in [0.25, 0.3) is 11.8 Å². The minimum absolute atomic E-state index is 0.200. The van der Waals surface area contributed by atoms with Gasteiger partial charge in [0.05, 0.1) is 23.6 Å². The summed E-state index contributed by atoms with van der Waals surface area (Å²) in [6.07, 6.45) is 7.41. The van der Waals surface area contributed by atoms with Gasteiger partial charge >= 0.3 is 0 Å². The van der Waals surface area contributed by atoms with E-state index in [1.807, 2.05) is 0 Å². The molecule has 8 heteroatoms. The highest BCUT2D eigenvalue weighted by Crippen LogP contribution is 2.39. The average Bonchev–Trinajstić information content (AvgIpc) is 3.24. The van der Waals surface area contributed by atoms with Gasteiger partial charge in [-0.1, -0.05) is 0 Å². The van der Waals surface area contributed by atoms with Crippen LogP contribution < -0.4 is 5.32 Å². The number of aromatic nitrogens is 3. The van der Waals surface area contributed by atoms with E-state index >= 15 is 0 Å². The Kier molecular flexibility index (Phi) is 3.84. The van der Waals surface area contributed by atoms with Crippen molar-refractivity contribution in [1.29, 1.82) is 0 Å². The van der Waals surface area contributed by atoms with Gasteiger partial charge < -0.3 is 10.2 Å². The predicted octanol–water partition coefficient (Wildman–Crippen LogP) is 0.811. The fourth-order valence-electron chi connectivity index (χ4n) is 2.89. The quantitative estimate of drug-likeness (QED) is 0.905. The number of nitrogens with one attached hydrogen (secondary N) is 1. The molecule has 0 aromatic carbocycles. The summed E-state index contributed by atoms with van der Waals surface area (Å²) >= 11 is 1.26. The maximum Gasteiger partial charge on any atom is 0.266 e. The molecule has 3 heterocycles. The number of rotatable bonds is 3. The molecule has 1 atom stereocenters. The van der Waals surface area contributed by atoms with Crippen LogP contribution in [0.3, 0.4) is 0 Å². The molecule has 2 amide bonds. The van der Waals surface area contributed by atoms with Crippen molar-refractivity contribution in [3.05, 3.63) is 40.9 Å². The minimum Gasteiger partial charge on any atom is -0.357 e. The van der Waals surface area contributed by atoms with Crippen LogP contribution in [0.1, 0.15) is 28.2 Å². The smallest absolute Gasteiger partial charge is 0.266 e. The molecule has 7 nitrogen and oxygen atoms in total. The molecule has 2 aromatic rings. The van der Waals surface area contributed by atoms with E-state index in [0.717, 1.165) is 6.42 Å². The molecule has 0 saturated carbocycles. The van der Waals surface area contributed by atoms with Crippen LogP contribution in [-0.2, 0) is 10.3 Å². The van der Waals surface area contributed by atoms with Crippen LogP contribution in [0.25, 0.3) is 0 Å². The summed E-state index contributed by atoms with van der Waals surface area (Å²) in [5, 5.41) is 2.66. The predicted molar refractivity (Wildman–Crippen MR) is 80.2 cm³/mol. The highest BCUT2D eigenvalue weighted by molar-refractivity contribution is 7.11. The van der Waals surface area contributed by atoms with E-state index in [2.05, 4.69) is 20.3 Å². The SMILES string of the molecule is CNC(=O)[C@@]1(c2cnccn2)CCCN1C(=O)c1cncs1. The third kappa shape index (κ3) is 2.16. The zero-order valence-corrected chi connectivity index (χ0v) is 12.8. The first-order valence-electron chi connectivity index (χ1n) is 6.89. The number of carbonyl (C=O) groups is 2.